The first-order valence-electron chi connectivity index (χ1n) is 3.44. The van der Waals surface area contributed by atoms with Gasteiger partial charge in [0.15, 0.2) is 0 Å². The molecule has 0 radical (unpaired) electrons. The molecule has 2 aromatic rings. The number of nitrogen functional groups attached to an aromatic ring is 1. The number of rotatable bonds is 0. The summed E-state index contributed by atoms with van der Waals surface area (Å²) in [6, 6.07) is 0. The van der Waals surface area contributed by atoms with Crippen LogP contribution < -0.4 is 5.73 Å². The summed E-state index contributed by atoms with van der Waals surface area (Å²) < 4.78 is 2.96. The van der Waals surface area contributed by atoms with Gasteiger partial charge in [-0.25, -0.2) is 4.98 Å². The fraction of sp³-hybridized carbons (Fsp3) is 0.143. The molecule has 0 amide bonds. The van der Waals surface area contributed by atoms with Crippen molar-refractivity contribution in [1.29, 1.82) is 0 Å². The van der Waals surface area contributed by atoms with E-state index >= 15 is 0 Å². The van der Waals surface area contributed by atoms with Crippen molar-refractivity contribution in [3.8, 4) is 0 Å². The van der Waals surface area contributed by atoms with E-state index in [1.54, 1.807) is 6.20 Å². The van der Waals surface area contributed by atoms with Crippen LogP contribution in [0.25, 0.3) is 5.78 Å². The Morgan fingerprint density at radius 3 is 3.08 bits per heavy atom. The lowest BCUT2D eigenvalue weighted by molar-refractivity contribution is 1.05. The zero-order valence-electron chi connectivity index (χ0n) is 6.45. The summed E-state index contributed by atoms with van der Waals surface area (Å²) in [6.45, 7) is 1.92. The molecule has 0 saturated carbocycles. The molecule has 0 fully saturated rings. The molecule has 0 saturated heterocycles. The molecule has 0 atom stereocenters. The lowest BCUT2D eigenvalue weighted by Gasteiger charge is -1.94. The molecule has 2 rings (SSSR count). The van der Waals surface area contributed by atoms with Crippen LogP contribution in [0.5, 0.6) is 0 Å². The van der Waals surface area contributed by atoms with Crippen LogP contribution in [0.2, 0.25) is 0 Å². The second kappa shape index (κ2) is 2.58. The number of imidazole rings is 1. The Balaban J connectivity index is 2.88. The summed E-state index contributed by atoms with van der Waals surface area (Å²) in [7, 11) is 0. The summed E-state index contributed by atoms with van der Waals surface area (Å²) in [5, 5.41) is 0. The standard InChI is InChI=1S/C7H7IN4/c1-4-6(9)11-7-10-2-5(8)3-12(4)7/h2-3H,9H2,1H3. The Morgan fingerprint density at radius 1 is 1.58 bits per heavy atom. The minimum Gasteiger partial charge on any atom is -0.382 e. The lowest BCUT2D eigenvalue weighted by Crippen LogP contribution is -1.91. The van der Waals surface area contributed by atoms with E-state index in [0.29, 0.717) is 11.6 Å². The van der Waals surface area contributed by atoms with Gasteiger partial charge >= 0.3 is 0 Å². The Labute approximate surface area is 83.0 Å². The maximum Gasteiger partial charge on any atom is 0.236 e. The first-order chi connectivity index (χ1) is 5.68. The molecule has 62 valence electrons. The number of halogens is 1. The summed E-state index contributed by atoms with van der Waals surface area (Å²) in [5.74, 6) is 1.20. The van der Waals surface area contributed by atoms with Gasteiger partial charge in [-0.2, -0.15) is 4.98 Å². The highest BCUT2D eigenvalue weighted by molar-refractivity contribution is 14.1. The molecule has 0 aliphatic heterocycles. The lowest BCUT2D eigenvalue weighted by atomic mass is 10.5. The average Bonchev–Trinajstić information content (AvgIpc) is 2.31. The van der Waals surface area contributed by atoms with Crippen molar-refractivity contribution in [2.75, 3.05) is 5.73 Å². The van der Waals surface area contributed by atoms with Crippen molar-refractivity contribution in [2.45, 2.75) is 6.92 Å². The van der Waals surface area contributed by atoms with Gasteiger partial charge in [0.2, 0.25) is 5.78 Å². The number of hydrogen-bond donors (Lipinski definition) is 1. The molecule has 0 aliphatic rings. The molecule has 12 heavy (non-hydrogen) atoms. The van der Waals surface area contributed by atoms with Crippen LogP contribution in [0.15, 0.2) is 12.4 Å². The quantitative estimate of drug-likeness (QED) is 0.735. The highest BCUT2D eigenvalue weighted by atomic mass is 127. The molecule has 0 bridgehead atoms. The van der Waals surface area contributed by atoms with Crippen molar-refractivity contribution < 1.29 is 0 Å². The van der Waals surface area contributed by atoms with Crippen LogP contribution in [0.4, 0.5) is 5.82 Å². The Kier molecular flexibility index (Phi) is 1.67. The van der Waals surface area contributed by atoms with Gasteiger partial charge in [-0.3, -0.25) is 4.40 Å². The molecule has 0 aliphatic carbocycles. The monoisotopic (exact) mass is 274 g/mol. The highest BCUT2D eigenvalue weighted by Gasteiger charge is 2.04. The molecular weight excluding hydrogens is 267 g/mol. The van der Waals surface area contributed by atoms with Crippen molar-refractivity contribution in [3.05, 3.63) is 21.7 Å². The molecule has 0 unspecified atom stereocenters. The number of aromatic nitrogens is 3. The summed E-state index contributed by atoms with van der Waals surface area (Å²) in [5.41, 5.74) is 6.57. The Hall–Kier alpha value is -0.850. The molecule has 2 heterocycles. The minimum absolute atomic E-state index is 0.546. The van der Waals surface area contributed by atoms with E-state index < -0.39 is 0 Å². The number of fused-ring (bicyclic) bond motifs is 1. The molecule has 4 nitrogen and oxygen atoms in total. The first-order valence-corrected chi connectivity index (χ1v) is 4.52. The maximum atomic E-state index is 5.63. The van der Waals surface area contributed by atoms with Crippen LogP contribution in [-0.2, 0) is 0 Å². The smallest absolute Gasteiger partial charge is 0.236 e. The Morgan fingerprint density at radius 2 is 2.33 bits per heavy atom. The third-order valence-electron chi connectivity index (χ3n) is 1.72. The predicted octanol–water partition coefficient (Wildman–Crippen LogP) is 1.22. The van der Waals surface area contributed by atoms with Crippen LogP contribution in [-0.4, -0.2) is 14.4 Å². The van der Waals surface area contributed by atoms with Crippen LogP contribution in [0, 0.1) is 10.5 Å². The SMILES string of the molecule is Cc1c(N)nc2ncc(I)cn12. The van der Waals surface area contributed by atoms with Crippen LogP contribution >= 0.6 is 22.6 Å². The third kappa shape index (κ3) is 1.04. The van der Waals surface area contributed by atoms with E-state index in [2.05, 4.69) is 32.6 Å². The van der Waals surface area contributed by atoms with Gasteiger partial charge < -0.3 is 5.73 Å². The summed E-state index contributed by atoms with van der Waals surface area (Å²) in [6.07, 6.45) is 3.73. The highest BCUT2D eigenvalue weighted by Crippen LogP contribution is 2.12. The summed E-state index contributed by atoms with van der Waals surface area (Å²) >= 11 is 2.20. The minimum atomic E-state index is 0.546. The number of hydrogen-bond acceptors (Lipinski definition) is 3. The van der Waals surface area contributed by atoms with Crippen molar-refractivity contribution in [3.63, 3.8) is 0 Å². The largest absolute Gasteiger partial charge is 0.382 e. The van der Waals surface area contributed by atoms with E-state index in [0.717, 1.165) is 9.26 Å². The second-order valence-electron chi connectivity index (χ2n) is 2.52. The molecule has 5 heteroatoms. The maximum absolute atomic E-state index is 5.63. The Bertz CT molecular complexity index is 434. The van der Waals surface area contributed by atoms with Crippen molar-refractivity contribution in [1.82, 2.24) is 14.4 Å². The predicted molar refractivity (Wildman–Crippen MR) is 54.9 cm³/mol. The van der Waals surface area contributed by atoms with Crippen molar-refractivity contribution >= 4 is 34.2 Å². The van der Waals surface area contributed by atoms with E-state index in [9.17, 15) is 0 Å². The number of aryl methyl sites for hydroxylation is 1. The van der Waals surface area contributed by atoms with Crippen LogP contribution in [0.3, 0.4) is 0 Å². The van der Waals surface area contributed by atoms with Gasteiger partial charge in [-0.05, 0) is 29.5 Å². The molecule has 2 N–H and O–H groups in total. The zero-order valence-corrected chi connectivity index (χ0v) is 8.61. The van der Waals surface area contributed by atoms with Gasteiger partial charge in [0.25, 0.3) is 0 Å². The third-order valence-corrected chi connectivity index (χ3v) is 2.28. The average molecular weight is 274 g/mol. The van der Waals surface area contributed by atoms with Gasteiger partial charge in [-0.15, -0.1) is 0 Å². The fourth-order valence-electron chi connectivity index (χ4n) is 1.04. The molecular formula is C7H7IN4. The zero-order chi connectivity index (χ0) is 8.72. The van der Waals surface area contributed by atoms with E-state index in [1.807, 2.05) is 17.5 Å². The van der Waals surface area contributed by atoms with Gasteiger partial charge in [0, 0.05) is 16.0 Å². The van der Waals surface area contributed by atoms with E-state index in [-0.39, 0.29) is 0 Å². The number of nitrogens with two attached hydrogens (primary N) is 1. The molecule has 2 aromatic heterocycles. The fourth-order valence-corrected chi connectivity index (χ4v) is 1.46. The van der Waals surface area contributed by atoms with Gasteiger partial charge in [0.05, 0.1) is 5.69 Å². The summed E-state index contributed by atoms with van der Waals surface area (Å²) in [4.78, 5) is 8.21. The number of anilines is 1. The van der Waals surface area contributed by atoms with E-state index in [1.165, 1.54) is 0 Å². The van der Waals surface area contributed by atoms with Crippen LogP contribution in [0.1, 0.15) is 5.69 Å². The first kappa shape index (κ1) is 7.78. The molecule has 0 aromatic carbocycles. The van der Waals surface area contributed by atoms with Crippen molar-refractivity contribution in [2.24, 2.45) is 0 Å². The normalized spacial score (nSPS) is 10.8. The molecule has 0 spiro atoms. The number of nitrogens with zero attached hydrogens (tertiary/aromatic N) is 3. The van der Waals surface area contributed by atoms with Gasteiger partial charge in [-0.1, -0.05) is 0 Å². The van der Waals surface area contributed by atoms with E-state index in [4.69, 9.17) is 5.73 Å². The second-order valence-corrected chi connectivity index (χ2v) is 3.77. The van der Waals surface area contributed by atoms with Gasteiger partial charge in [0.1, 0.15) is 5.82 Å². The topological polar surface area (TPSA) is 56.2 Å².